The number of primary amides is 1. The van der Waals surface area contributed by atoms with Gasteiger partial charge in [-0.15, -0.1) is 0 Å². The number of hydrogen-bond donors (Lipinski definition) is 5. The lowest BCUT2D eigenvalue weighted by Crippen LogP contribution is -2.52. The van der Waals surface area contributed by atoms with Crippen LogP contribution in [0, 0.1) is 0 Å². The van der Waals surface area contributed by atoms with Crippen LogP contribution in [0.5, 0.6) is 0 Å². The molecule has 14 heavy (non-hydrogen) atoms. The topological polar surface area (TPSA) is 113 Å². The van der Waals surface area contributed by atoms with Crippen LogP contribution in [0.2, 0.25) is 0 Å². The van der Waals surface area contributed by atoms with Gasteiger partial charge in [0.2, 0.25) is 5.91 Å². The fourth-order valence-electron chi connectivity index (χ4n) is 0.909. The van der Waals surface area contributed by atoms with Gasteiger partial charge in [-0.05, 0) is 13.8 Å². The summed E-state index contributed by atoms with van der Waals surface area (Å²) >= 11 is 4.10. The summed E-state index contributed by atoms with van der Waals surface area (Å²) in [7, 11) is -4.18. The molecule has 0 spiro atoms. The third-order valence-corrected chi connectivity index (χ3v) is 2.35. The second kappa shape index (κ2) is 4.63. The van der Waals surface area contributed by atoms with Gasteiger partial charge in [-0.25, -0.2) is 0 Å². The molecule has 0 aliphatic rings. The Kier molecular flexibility index (Phi) is 4.61. The Morgan fingerprint density at radius 2 is 2.07 bits per heavy atom. The first-order valence-corrected chi connectivity index (χ1v) is 6.08. The Labute approximate surface area is 87.8 Å². The predicted molar refractivity (Wildman–Crippen MR) is 56.1 cm³/mol. The number of nitrogens with two attached hydrogens (primary N) is 1. The van der Waals surface area contributed by atoms with Crippen molar-refractivity contribution in [3.05, 3.63) is 0 Å². The van der Waals surface area contributed by atoms with Gasteiger partial charge in [0.15, 0.2) is 0 Å². The van der Waals surface area contributed by atoms with Gasteiger partial charge >= 0.3 is 7.60 Å². The monoisotopic (exact) mass is 242 g/mol. The van der Waals surface area contributed by atoms with Crippen LogP contribution in [-0.4, -0.2) is 32.8 Å². The van der Waals surface area contributed by atoms with Crippen LogP contribution in [0.1, 0.15) is 13.8 Å². The highest BCUT2D eigenvalue weighted by atomic mass is 32.1. The Morgan fingerprint density at radius 1 is 1.64 bits per heavy atom. The van der Waals surface area contributed by atoms with Crippen molar-refractivity contribution in [1.29, 1.82) is 0 Å². The summed E-state index contributed by atoms with van der Waals surface area (Å²) < 4.78 is 9.76. The zero-order valence-corrected chi connectivity index (χ0v) is 9.76. The van der Waals surface area contributed by atoms with E-state index in [4.69, 9.17) is 15.5 Å². The van der Waals surface area contributed by atoms with Crippen LogP contribution < -0.4 is 11.1 Å². The molecule has 8 heteroatoms. The largest absolute Gasteiger partial charge is 0.368 e. The molecule has 0 bridgehead atoms. The number of thiol groups is 1. The Bertz CT molecular complexity index is 259. The fourth-order valence-corrected chi connectivity index (χ4v) is 1.55. The van der Waals surface area contributed by atoms with Gasteiger partial charge in [-0.3, -0.25) is 14.7 Å². The second-order valence-corrected chi connectivity index (χ2v) is 6.31. The lowest BCUT2D eigenvalue weighted by atomic mass is 10.0. The number of hydrogen-bond acceptors (Lipinski definition) is 4. The molecular weight excluding hydrogens is 227 g/mol. The second-order valence-electron chi connectivity index (χ2n) is 3.52. The number of nitrogens with one attached hydrogen (secondary N) is 1. The molecule has 6 nitrogen and oxygen atoms in total. The highest BCUT2D eigenvalue weighted by Crippen LogP contribution is 2.33. The maximum Gasteiger partial charge on any atom is 0.339 e. The number of carbonyl (C=O) groups is 1. The van der Waals surface area contributed by atoms with E-state index in [1.54, 1.807) is 13.8 Å². The standard InChI is InChI=1S/C6H15N2O4PS/c1-6(2,14)4(5(7)9)8-3-13(10,11)12/h4,8,14H,3H2,1-2H3,(H2,7,9)(H2,10,11,12)/t4-/m1/s1. The van der Waals surface area contributed by atoms with E-state index in [-0.39, 0.29) is 0 Å². The summed E-state index contributed by atoms with van der Waals surface area (Å²) in [6.07, 6.45) is -0.593. The molecule has 1 atom stereocenters. The van der Waals surface area contributed by atoms with E-state index in [1.807, 2.05) is 0 Å². The predicted octanol–water partition coefficient (Wildman–Crippen LogP) is -0.727. The Hall–Kier alpha value is -0.0700. The first-order chi connectivity index (χ1) is 6.04. The molecule has 0 saturated carbocycles. The summed E-state index contributed by atoms with van der Waals surface area (Å²) in [5.41, 5.74) is 5.05. The van der Waals surface area contributed by atoms with E-state index in [9.17, 15) is 9.36 Å². The average molecular weight is 242 g/mol. The van der Waals surface area contributed by atoms with Crippen molar-refractivity contribution in [2.45, 2.75) is 24.6 Å². The summed E-state index contributed by atoms with van der Waals surface area (Å²) in [5, 5.41) is 2.39. The number of rotatable bonds is 5. The maximum atomic E-state index is 10.9. The molecule has 0 aliphatic heterocycles. The number of carbonyl (C=O) groups excluding carboxylic acids is 1. The first kappa shape index (κ1) is 13.9. The molecule has 0 unspecified atom stereocenters. The quantitative estimate of drug-likeness (QED) is 0.322. The highest BCUT2D eigenvalue weighted by Gasteiger charge is 2.31. The minimum Gasteiger partial charge on any atom is -0.368 e. The van der Waals surface area contributed by atoms with Crippen molar-refractivity contribution >= 4 is 26.1 Å². The van der Waals surface area contributed by atoms with Crippen molar-refractivity contribution in [3.8, 4) is 0 Å². The van der Waals surface area contributed by atoms with Crippen molar-refractivity contribution in [2.75, 3.05) is 6.29 Å². The van der Waals surface area contributed by atoms with Gasteiger partial charge in [-0.2, -0.15) is 12.6 Å². The van der Waals surface area contributed by atoms with Gasteiger partial charge in [0.05, 0.1) is 6.29 Å². The molecule has 0 rings (SSSR count). The molecular formula is C6H15N2O4PS. The van der Waals surface area contributed by atoms with E-state index >= 15 is 0 Å². The normalized spacial score (nSPS) is 15.2. The van der Waals surface area contributed by atoms with Crippen LogP contribution in [0.3, 0.4) is 0 Å². The fraction of sp³-hybridized carbons (Fsp3) is 0.833. The minimum atomic E-state index is -4.18. The van der Waals surface area contributed by atoms with Gasteiger partial charge in [0, 0.05) is 4.75 Å². The summed E-state index contributed by atoms with van der Waals surface area (Å²) in [6, 6.07) is -0.890. The van der Waals surface area contributed by atoms with Crippen molar-refractivity contribution in [1.82, 2.24) is 5.32 Å². The van der Waals surface area contributed by atoms with Gasteiger partial charge in [0.25, 0.3) is 0 Å². The molecule has 0 aliphatic carbocycles. The SMILES string of the molecule is CC(C)(S)[C@H](NCP(=O)(O)O)C(N)=O. The van der Waals surface area contributed by atoms with Crippen LogP contribution in [0.4, 0.5) is 0 Å². The summed E-state index contributed by atoms with van der Waals surface area (Å²) in [4.78, 5) is 28.1. The van der Waals surface area contributed by atoms with Crippen LogP contribution in [0.15, 0.2) is 0 Å². The first-order valence-electron chi connectivity index (χ1n) is 3.83. The summed E-state index contributed by atoms with van der Waals surface area (Å²) in [6.45, 7) is 3.25. The third kappa shape index (κ3) is 5.62. The van der Waals surface area contributed by atoms with Gasteiger partial charge < -0.3 is 15.5 Å². The maximum absolute atomic E-state index is 10.9. The summed E-state index contributed by atoms with van der Waals surface area (Å²) in [5.74, 6) is -0.696. The molecule has 5 N–H and O–H groups in total. The zero-order chi connectivity index (χ0) is 11.6. The smallest absolute Gasteiger partial charge is 0.339 e. The van der Waals surface area contributed by atoms with Crippen LogP contribution >= 0.6 is 20.2 Å². The van der Waals surface area contributed by atoms with E-state index in [1.165, 1.54) is 0 Å². The average Bonchev–Trinajstić information content (AvgIpc) is 1.79. The van der Waals surface area contributed by atoms with Gasteiger partial charge in [0.1, 0.15) is 6.04 Å². The third-order valence-electron chi connectivity index (χ3n) is 1.49. The lowest BCUT2D eigenvalue weighted by Gasteiger charge is -2.27. The molecule has 0 aromatic carbocycles. The molecule has 0 saturated heterocycles. The van der Waals surface area contributed by atoms with E-state index in [2.05, 4.69) is 17.9 Å². The lowest BCUT2D eigenvalue weighted by molar-refractivity contribution is -0.120. The zero-order valence-electron chi connectivity index (χ0n) is 7.97. The number of amides is 1. The molecule has 0 aromatic rings. The van der Waals surface area contributed by atoms with Crippen LogP contribution in [-0.2, 0) is 9.36 Å². The van der Waals surface area contributed by atoms with Crippen LogP contribution in [0.25, 0.3) is 0 Å². The molecule has 84 valence electrons. The molecule has 0 radical (unpaired) electrons. The van der Waals surface area contributed by atoms with Crippen molar-refractivity contribution in [3.63, 3.8) is 0 Å². The molecule has 0 heterocycles. The van der Waals surface area contributed by atoms with E-state index in [0.717, 1.165) is 0 Å². The molecule has 0 aromatic heterocycles. The van der Waals surface area contributed by atoms with Crippen molar-refractivity contribution in [2.24, 2.45) is 5.73 Å². The Balaban J connectivity index is 4.42. The van der Waals surface area contributed by atoms with E-state index in [0.29, 0.717) is 0 Å². The minimum absolute atomic E-state index is 0.593. The van der Waals surface area contributed by atoms with E-state index < -0.39 is 30.6 Å². The van der Waals surface area contributed by atoms with Gasteiger partial charge in [-0.1, -0.05) is 0 Å². The highest BCUT2D eigenvalue weighted by molar-refractivity contribution is 7.81. The molecule has 1 amide bonds. The molecule has 0 fully saturated rings. The van der Waals surface area contributed by atoms with Crippen molar-refractivity contribution < 1.29 is 19.1 Å². The Morgan fingerprint density at radius 3 is 2.29 bits per heavy atom.